The quantitative estimate of drug-likeness (QED) is 0.579. The van der Waals surface area contributed by atoms with Gasteiger partial charge in [0.05, 0.1) is 25.7 Å². The van der Waals surface area contributed by atoms with Crippen molar-refractivity contribution < 1.29 is 27.4 Å². The molecule has 28 heavy (non-hydrogen) atoms. The van der Waals surface area contributed by atoms with Gasteiger partial charge in [0.2, 0.25) is 10.0 Å². The Kier molecular flexibility index (Phi) is 7.80. The number of ether oxygens (including phenoxy) is 3. The molecular weight excluding hydrogens is 384 g/mol. The molecule has 0 spiro atoms. The summed E-state index contributed by atoms with van der Waals surface area (Å²) in [7, 11) is 0.940. The lowest BCUT2D eigenvalue weighted by atomic mass is 10.1. The van der Waals surface area contributed by atoms with E-state index in [1.807, 2.05) is 0 Å². The van der Waals surface area contributed by atoms with Crippen molar-refractivity contribution in [1.82, 2.24) is 10.0 Å². The highest BCUT2D eigenvalue weighted by Crippen LogP contribution is 2.27. The zero-order valence-electron chi connectivity index (χ0n) is 16.0. The molecule has 0 aliphatic carbocycles. The molecule has 9 heteroatoms. The summed E-state index contributed by atoms with van der Waals surface area (Å²) in [5.41, 5.74) is 1.20. The highest BCUT2D eigenvalue weighted by Gasteiger charge is 2.14. The summed E-state index contributed by atoms with van der Waals surface area (Å²) in [4.78, 5) is 12.5. The molecule has 0 saturated heterocycles. The molecule has 1 amide bonds. The molecular formula is C19H24N2O6S. The first kappa shape index (κ1) is 21.7. The Morgan fingerprint density at radius 1 is 0.964 bits per heavy atom. The first-order valence-corrected chi connectivity index (χ1v) is 9.97. The van der Waals surface area contributed by atoms with Gasteiger partial charge in [0, 0.05) is 25.8 Å². The molecule has 2 aromatic carbocycles. The third-order valence-corrected chi connectivity index (χ3v) is 5.41. The van der Waals surface area contributed by atoms with Crippen molar-refractivity contribution in [3.05, 3.63) is 53.6 Å². The Balaban J connectivity index is 1.98. The SMILES string of the molecule is COCCNS(=O)(=O)c1ccc(CNC(=O)c2ccc(OC)c(OC)c2)cc1. The standard InChI is InChI=1S/C19H24N2O6S/c1-25-11-10-21-28(23,24)16-7-4-14(5-8-16)13-20-19(22)15-6-9-17(26-2)18(12-15)27-3/h4-9,12,21H,10-11,13H2,1-3H3,(H,20,22). The summed E-state index contributed by atoms with van der Waals surface area (Å²) in [6.45, 7) is 0.742. The minimum absolute atomic E-state index is 0.151. The molecule has 2 aromatic rings. The normalized spacial score (nSPS) is 11.1. The lowest BCUT2D eigenvalue weighted by Gasteiger charge is -2.10. The van der Waals surface area contributed by atoms with Gasteiger partial charge in [-0.15, -0.1) is 0 Å². The average molecular weight is 408 g/mol. The number of benzene rings is 2. The zero-order valence-corrected chi connectivity index (χ0v) is 16.8. The first-order valence-electron chi connectivity index (χ1n) is 8.49. The fourth-order valence-electron chi connectivity index (χ4n) is 2.41. The molecule has 0 radical (unpaired) electrons. The molecule has 0 fully saturated rings. The summed E-state index contributed by atoms with van der Waals surface area (Å²) < 4.78 is 41.9. The van der Waals surface area contributed by atoms with Crippen LogP contribution in [0.25, 0.3) is 0 Å². The molecule has 0 heterocycles. The van der Waals surface area contributed by atoms with Gasteiger partial charge in [-0.3, -0.25) is 4.79 Å². The Labute approximate surface area is 164 Å². The molecule has 8 nitrogen and oxygen atoms in total. The van der Waals surface area contributed by atoms with E-state index in [0.29, 0.717) is 23.7 Å². The molecule has 2 rings (SSSR count). The monoisotopic (exact) mass is 408 g/mol. The van der Waals surface area contributed by atoms with Crippen LogP contribution in [0.3, 0.4) is 0 Å². The molecule has 152 valence electrons. The fourth-order valence-corrected chi connectivity index (χ4v) is 3.42. The molecule has 0 bridgehead atoms. The van der Waals surface area contributed by atoms with Gasteiger partial charge in [-0.05, 0) is 35.9 Å². The van der Waals surface area contributed by atoms with E-state index in [1.165, 1.54) is 33.5 Å². The van der Waals surface area contributed by atoms with Crippen LogP contribution in [0, 0.1) is 0 Å². The van der Waals surface area contributed by atoms with Crippen molar-refractivity contribution in [2.75, 3.05) is 34.5 Å². The van der Waals surface area contributed by atoms with Gasteiger partial charge >= 0.3 is 0 Å². The van der Waals surface area contributed by atoms with Crippen LogP contribution in [0.4, 0.5) is 0 Å². The predicted octanol–water partition coefficient (Wildman–Crippen LogP) is 1.56. The maximum atomic E-state index is 12.3. The summed E-state index contributed by atoms with van der Waals surface area (Å²) in [6, 6.07) is 11.2. The zero-order chi connectivity index (χ0) is 20.6. The number of hydrogen-bond donors (Lipinski definition) is 2. The number of sulfonamides is 1. The third kappa shape index (κ3) is 5.69. The van der Waals surface area contributed by atoms with Crippen molar-refractivity contribution in [1.29, 1.82) is 0 Å². The van der Waals surface area contributed by atoms with E-state index in [1.54, 1.807) is 30.3 Å². The van der Waals surface area contributed by atoms with E-state index in [2.05, 4.69) is 10.0 Å². The average Bonchev–Trinajstić information content (AvgIpc) is 2.71. The summed E-state index contributed by atoms with van der Waals surface area (Å²) in [5, 5.41) is 2.79. The van der Waals surface area contributed by atoms with Gasteiger partial charge in [-0.25, -0.2) is 13.1 Å². The Morgan fingerprint density at radius 2 is 1.64 bits per heavy atom. The van der Waals surface area contributed by atoms with E-state index >= 15 is 0 Å². The summed E-state index contributed by atoms with van der Waals surface area (Å²) in [5.74, 6) is 0.722. The number of amides is 1. The molecule has 0 atom stereocenters. The van der Waals surface area contributed by atoms with Crippen molar-refractivity contribution in [2.45, 2.75) is 11.4 Å². The van der Waals surface area contributed by atoms with Gasteiger partial charge < -0.3 is 19.5 Å². The molecule has 0 aliphatic heterocycles. The maximum absolute atomic E-state index is 12.3. The molecule has 0 saturated carbocycles. The van der Waals surface area contributed by atoms with Crippen LogP contribution >= 0.6 is 0 Å². The first-order chi connectivity index (χ1) is 13.4. The Hall–Kier alpha value is -2.62. The van der Waals surface area contributed by atoms with Gasteiger partial charge in [0.25, 0.3) is 5.91 Å². The minimum atomic E-state index is -3.58. The van der Waals surface area contributed by atoms with Gasteiger partial charge in [0.1, 0.15) is 0 Å². The van der Waals surface area contributed by atoms with E-state index in [9.17, 15) is 13.2 Å². The molecule has 0 aliphatic rings. The molecule has 0 aromatic heterocycles. The number of carbonyl (C=O) groups excluding carboxylic acids is 1. The highest BCUT2D eigenvalue weighted by molar-refractivity contribution is 7.89. The molecule has 0 unspecified atom stereocenters. The largest absolute Gasteiger partial charge is 0.493 e. The fraction of sp³-hybridized carbons (Fsp3) is 0.316. The second kappa shape index (κ2) is 10.1. The number of carbonyl (C=O) groups is 1. The van der Waals surface area contributed by atoms with Crippen LogP contribution in [-0.2, 0) is 21.3 Å². The smallest absolute Gasteiger partial charge is 0.251 e. The minimum Gasteiger partial charge on any atom is -0.493 e. The van der Waals surface area contributed by atoms with Crippen LogP contribution in [0.1, 0.15) is 15.9 Å². The van der Waals surface area contributed by atoms with E-state index in [4.69, 9.17) is 14.2 Å². The van der Waals surface area contributed by atoms with Gasteiger partial charge in [0.15, 0.2) is 11.5 Å². The molecule has 2 N–H and O–H groups in total. The van der Waals surface area contributed by atoms with Crippen LogP contribution in [-0.4, -0.2) is 48.8 Å². The topological polar surface area (TPSA) is 103 Å². The third-order valence-electron chi connectivity index (χ3n) is 3.93. The summed E-state index contributed by atoms with van der Waals surface area (Å²) >= 11 is 0. The summed E-state index contributed by atoms with van der Waals surface area (Å²) in [6.07, 6.45) is 0. The number of hydrogen-bond acceptors (Lipinski definition) is 6. The van der Waals surface area contributed by atoms with E-state index < -0.39 is 10.0 Å². The van der Waals surface area contributed by atoms with Gasteiger partial charge in [-0.2, -0.15) is 0 Å². The second-order valence-electron chi connectivity index (χ2n) is 5.79. The predicted molar refractivity (Wildman–Crippen MR) is 104 cm³/mol. The lowest BCUT2D eigenvalue weighted by molar-refractivity contribution is 0.0950. The van der Waals surface area contributed by atoms with Crippen LogP contribution in [0.15, 0.2) is 47.4 Å². The van der Waals surface area contributed by atoms with Crippen molar-refractivity contribution in [3.8, 4) is 11.5 Å². The van der Waals surface area contributed by atoms with E-state index in [0.717, 1.165) is 5.56 Å². The number of rotatable bonds is 10. The van der Waals surface area contributed by atoms with Crippen LogP contribution in [0.5, 0.6) is 11.5 Å². The van der Waals surface area contributed by atoms with E-state index in [-0.39, 0.29) is 23.9 Å². The van der Waals surface area contributed by atoms with Gasteiger partial charge in [-0.1, -0.05) is 12.1 Å². The van der Waals surface area contributed by atoms with Crippen molar-refractivity contribution in [3.63, 3.8) is 0 Å². The van der Waals surface area contributed by atoms with Crippen molar-refractivity contribution >= 4 is 15.9 Å². The second-order valence-corrected chi connectivity index (χ2v) is 7.55. The number of methoxy groups -OCH3 is 3. The van der Waals surface area contributed by atoms with Crippen molar-refractivity contribution in [2.24, 2.45) is 0 Å². The number of nitrogens with one attached hydrogen (secondary N) is 2. The lowest BCUT2D eigenvalue weighted by Crippen LogP contribution is -2.27. The Morgan fingerprint density at radius 3 is 2.25 bits per heavy atom. The van der Waals surface area contributed by atoms with Crippen LogP contribution < -0.4 is 19.5 Å². The maximum Gasteiger partial charge on any atom is 0.251 e. The Bertz CT molecular complexity index is 897. The highest BCUT2D eigenvalue weighted by atomic mass is 32.2. The van der Waals surface area contributed by atoms with Crippen LogP contribution in [0.2, 0.25) is 0 Å².